The molecule has 0 aliphatic rings. The minimum atomic E-state index is -4.15. The molecule has 112 valence electrons. The van der Waals surface area contributed by atoms with E-state index in [1.54, 1.807) is 0 Å². The standard InChI is InChI=1S/C12H11FN2O5S/c1-19-12(16)8-2-3-10(13)11(6-8)21(17,18)15-7-9-4-5-14-20-9/h2-6,15H,7H2,1H3. The van der Waals surface area contributed by atoms with Crippen molar-refractivity contribution in [1.29, 1.82) is 0 Å². The predicted octanol–water partition coefficient (Wildman–Crippen LogP) is 1.08. The van der Waals surface area contributed by atoms with Gasteiger partial charge in [-0.1, -0.05) is 5.16 Å². The topological polar surface area (TPSA) is 98.5 Å². The number of benzene rings is 1. The third-order valence-corrected chi connectivity index (χ3v) is 3.99. The molecule has 9 heteroatoms. The fourth-order valence-corrected chi connectivity index (χ4v) is 2.63. The number of aromatic nitrogens is 1. The minimum absolute atomic E-state index is 0.0704. The van der Waals surface area contributed by atoms with Crippen molar-refractivity contribution in [3.8, 4) is 0 Å². The van der Waals surface area contributed by atoms with Crippen LogP contribution in [0.5, 0.6) is 0 Å². The number of hydrogen-bond acceptors (Lipinski definition) is 6. The molecule has 1 heterocycles. The molecule has 0 atom stereocenters. The summed E-state index contributed by atoms with van der Waals surface area (Å²) in [5.74, 6) is -1.47. The Labute approximate surface area is 119 Å². The average Bonchev–Trinajstić information content (AvgIpc) is 2.98. The molecule has 2 rings (SSSR count). The molecule has 7 nitrogen and oxygen atoms in total. The summed E-state index contributed by atoms with van der Waals surface area (Å²) in [4.78, 5) is 10.7. The van der Waals surface area contributed by atoms with E-state index >= 15 is 0 Å². The normalized spacial score (nSPS) is 11.3. The third kappa shape index (κ3) is 3.44. The predicted molar refractivity (Wildman–Crippen MR) is 68.3 cm³/mol. The molecule has 0 spiro atoms. The van der Waals surface area contributed by atoms with Crippen molar-refractivity contribution in [1.82, 2.24) is 9.88 Å². The second kappa shape index (κ2) is 6.02. The summed E-state index contributed by atoms with van der Waals surface area (Å²) in [6.07, 6.45) is 1.35. The van der Waals surface area contributed by atoms with Crippen molar-refractivity contribution in [2.75, 3.05) is 7.11 Å². The number of rotatable bonds is 5. The lowest BCUT2D eigenvalue weighted by molar-refractivity contribution is 0.0600. The Morgan fingerprint density at radius 2 is 2.19 bits per heavy atom. The number of nitrogens with one attached hydrogen (secondary N) is 1. The highest BCUT2D eigenvalue weighted by Gasteiger charge is 2.21. The van der Waals surface area contributed by atoms with Crippen LogP contribution in [0.25, 0.3) is 0 Å². The van der Waals surface area contributed by atoms with Gasteiger partial charge in [0.05, 0.1) is 25.4 Å². The monoisotopic (exact) mass is 314 g/mol. The van der Waals surface area contributed by atoms with Crippen LogP contribution in [0.3, 0.4) is 0 Å². The molecule has 0 aliphatic heterocycles. The largest absolute Gasteiger partial charge is 0.465 e. The Hall–Kier alpha value is -2.26. The lowest BCUT2D eigenvalue weighted by atomic mass is 10.2. The van der Waals surface area contributed by atoms with E-state index in [0.717, 1.165) is 25.3 Å². The van der Waals surface area contributed by atoms with Crippen LogP contribution in [0, 0.1) is 5.82 Å². The van der Waals surface area contributed by atoms with Gasteiger partial charge >= 0.3 is 5.97 Å². The van der Waals surface area contributed by atoms with E-state index in [9.17, 15) is 17.6 Å². The van der Waals surface area contributed by atoms with Crippen molar-refractivity contribution < 1.29 is 26.9 Å². The van der Waals surface area contributed by atoms with E-state index in [1.165, 1.54) is 12.3 Å². The maximum atomic E-state index is 13.7. The first-order chi connectivity index (χ1) is 9.94. The minimum Gasteiger partial charge on any atom is -0.465 e. The van der Waals surface area contributed by atoms with Gasteiger partial charge < -0.3 is 9.26 Å². The average molecular weight is 314 g/mol. The molecule has 0 saturated carbocycles. The molecule has 1 aromatic carbocycles. The number of esters is 1. The zero-order valence-electron chi connectivity index (χ0n) is 10.9. The van der Waals surface area contributed by atoms with Crippen LogP contribution in [0.1, 0.15) is 16.1 Å². The van der Waals surface area contributed by atoms with Crippen molar-refractivity contribution in [3.63, 3.8) is 0 Å². The number of sulfonamides is 1. The van der Waals surface area contributed by atoms with Crippen LogP contribution in [0.4, 0.5) is 4.39 Å². The Morgan fingerprint density at radius 1 is 1.43 bits per heavy atom. The summed E-state index contributed by atoms with van der Waals surface area (Å²) < 4.78 is 49.1. The fraction of sp³-hybridized carbons (Fsp3) is 0.167. The number of nitrogens with zero attached hydrogens (tertiary/aromatic N) is 1. The maximum absolute atomic E-state index is 13.7. The summed E-state index contributed by atoms with van der Waals surface area (Å²) in [5.41, 5.74) is -0.0704. The maximum Gasteiger partial charge on any atom is 0.337 e. The third-order valence-electron chi connectivity index (χ3n) is 2.57. The molecule has 0 amide bonds. The van der Waals surface area contributed by atoms with Gasteiger partial charge in [-0.25, -0.2) is 22.3 Å². The van der Waals surface area contributed by atoms with Gasteiger partial charge in [0.2, 0.25) is 10.0 Å². The Bertz CT molecular complexity index is 743. The van der Waals surface area contributed by atoms with Gasteiger partial charge in [0.1, 0.15) is 10.7 Å². The number of halogens is 1. The molecule has 0 fully saturated rings. The molecule has 0 unspecified atom stereocenters. The van der Waals surface area contributed by atoms with E-state index in [1.807, 2.05) is 0 Å². The van der Waals surface area contributed by atoms with Gasteiger partial charge in [-0.3, -0.25) is 0 Å². The van der Waals surface area contributed by atoms with Crippen LogP contribution in [-0.2, 0) is 21.3 Å². The molecule has 0 aliphatic carbocycles. The summed E-state index contributed by atoms with van der Waals surface area (Å²) in [6, 6.07) is 4.39. The van der Waals surface area contributed by atoms with Gasteiger partial charge in [-0.05, 0) is 18.2 Å². The van der Waals surface area contributed by atoms with Crippen molar-refractivity contribution >= 4 is 16.0 Å². The molecule has 21 heavy (non-hydrogen) atoms. The number of hydrogen-bond donors (Lipinski definition) is 1. The molecular formula is C12H11FN2O5S. The van der Waals surface area contributed by atoms with Crippen molar-refractivity contribution in [2.24, 2.45) is 0 Å². The Morgan fingerprint density at radius 3 is 2.81 bits per heavy atom. The highest BCUT2D eigenvalue weighted by Crippen LogP contribution is 2.17. The first-order valence-electron chi connectivity index (χ1n) is 5.71. The summed E-state index contributed by atoms with van der Waals surface area (Å²) in [6.45, 7) is -0.190. The summed E-state index contributed by atoms with van der Waals surface area (Å²) >= 11 is 0. The molecule has 2 aromatic rings. The smallest absolute Gasteiger partial charge is 0.337 e. The first kappa shape index (κ1) is 15.1. The van der Waals surface area contributed by atoms with E-state index in [4.69, 9.17) is 4.52 Å². The lowest BCUT2D eigenvalue weighted by Gasteiger charge is -2.08. The number of carbonyl (C=O) groups excluding carboxylic acids is 1. The molecule has 0 saturated heterocycles. The number of methoxy groups -OCH3 is 1. The Balaban J connectivity index is 2.28. The zero-order chi connectivity index (χ0) is 15.5. The van der Waals surface area contributed by atoms with Crippen LogP contribution in [0.15, 0.2) is 39.9 Å². The van der Waals surface area contributed by atoms with E-state index in [0.29, 0.717) is 0 Å². The molecule has 0 bridgehead atoms. The number of ether oxygens (including phenoxy) is 1. The van der Waals surface area contributed by atoms with Crippen LogP contribution >= 0.6 is 0 Å². The zero-order valence-corrected chi connectivity index (χ0v) is 11.7. The van der Waals surface area contributed by atoms with Gasteiger partial charge in [0, 0.05) is 6.07 Å². The second-order valence-corrected chi connectivity index (χ2v) is 5.68. The van der Waals surface area contributed by atoms with Gasteiger partial charge in [-0.2, -0.15) is 0 Å². The van der Waals surface area contributed by atoms with E-state index in [2.05, 4.69) is 14.6 Å². The van der Waals surface area contributed by atoms with Crippen molar-refractivity contribution in [3.05, 3.63) is 47.6 Å². The highest BCUT2D eigenvalue weighted by atomic mass is 32.2. The number of carbonyl (C=O) groups is 1. The summed E-state index contributed by atoms with van der Waals surface area (Å²) in [7, 11) is -3.01. The molecule has 0 radical (unpaired) electrons. The summed E-state index contributed by atoms with van der Waals surface area (Å²) in [5, 5.41) is 3.42. The highest BCUT2D eigenvalue weighted by molar-refractivity contribution is 7.89. The van der Waals surface area contributed by atoms with Crippen LogP contribution < -0.4 is 4.72 Å². The SMILES string of the molecule is COC(=O)c1ccc(F)c(S(=O)(=O)NCc2ccno2)c1. The van der Waals surface area contributed by atoms with Gasteiger partial charge in [-0.15, -0.1) is 0 Å². The van der Waals surface area contributed by atoms with E-state index in [-0.39, 0.29) is 17.9 Å². The molecule has 1 aromatic heterocycles. The molecule has 1 N–H and O–H groups in total. The lowest BCUT2D eigenvalue weighted by Crippen LogP contribution is -2.24. The second-order valence-electron chi connectivity index (χ2n) is 3.94. The van der Waals surface area contributed by atoms with Crippen LogP contribution in [-0.4, -0.2) is 26.7 Å². The van der Waals surface area contributed by atoms with Gasteiger partial charge in [0.15, 0.2) is 5.76 Å². The Kier molecular flexibility index (Phi) is 4.34. The van der Waals surface area contributed by atoms with Gasteiger partial charge in [0.25, 0.3) is 0 Å². The molecular weight excluding hydrogens is 303 g/mol. The van der Waals surface area contributed by atoms with Crippen molar-refractivity contribution in [2.45, 2.75) is 11.4 Å². The van der Waals surface area contributed by atoms with Crippen LogP contribution in [0.2, 0.25) is 0 Å². The first-order valence-corrected chi connectivity index (χ1v) is 7.19. The quantitative estimate of drug-likeness (QED) is 0.829. The van der Waals surface area contributed by atoms with E-state index < -0.39 is 26.7 Å². The fourth-order valence-electron chi connectivity index (χ4n) is 1.53.